The number of halogens is 1. The van der Waals surface area contributed by atoms with Crippen LogP contribution in [-0.4, -0.2) is 39.4 Å². The third-order valence-electron chi connectivity index (χ3n) is 5.82. The molecule has 0 saturated heterocycles. The topological polar surface area (TPSA) is 100 Å². The summed E-state index contributed by atoms with van der Waals surface area (Å²) in [6, 6.07) is 11.3. The molecule has 3 aromatic rings. The molecule has 190 valence electrons. The average molecular weight is 556 g/mol. The lowest BCUT2D eigenvalue weighted by Crippen LogP contribution is -2.30. The zero-order chi connectivity index (χ0) is 25.7. The van der Waals surface area contributed by atoms with E-state index in [0.29, 0.717) is 53.0 Å². The van der Waals surface area contributed by atoms with Gasteiger partial charge in [0, 0.05) is 5.70 Å². The largest absolute Gasteiger partial charge is 0.490 e. The van der Waals surface area contributed by atoms with Crippen LogP contribution in [0.5, 0.6) is 11.5 Å². The predicted molar refractivity (Wildman–Crippen MR) is 139 cm³/mol. The van der Waals surface area contributed by atoms with Gasteiger partial charge < -0.3 is 19.5 Å². The van der Waals surface area contributed by atoms with Crippen molar-refractivity contribution in [2.45, 2.75) is 53.2 Å². The molecule has 1 N–H and O–H groups in total. The number of benzene rings is 2. The number of carbonyl (C=O) groups excluding carboxylic acids is 1. The molecule has 1 unspecified atom stereocenters. The minimum Gasteiger partial charge on any atom is -0.490 e. The minimum absolute atomic E-state index is 0.348. The van der Waals surface area contributed by atoms with Crippen molar-refractivity contribution in [1.82, 2.24) is 20.2 Å². The number of carbonyl (C=O) groups is 1. The highest BCUT2D eigenvalue weighted by atomic mass is 79.9. The lowest BCUT2D eigenvalue weighted by molar-refractivity contribution is -0.139. The van der Waals surface area contributed by atoms with Crippen molar-refractivity contribution in [3.8, 4) is 11.5 Å². The molecule has 0 spiro atoms. The van der Waals surface area contributed by atoms with Crippen molar-refractivity contribution in [1.29, 1.82) is 0 Å². The molecular weight excluding hydrogens is 526 g/mol. The van der Waals surface area contributed by atoms with Crippen LogP contribution in [0.1, 0.15) is 56.3 Å². The van der Waals surface area contributed by atoms with Gasteiger partial charge in [-0.15, -0.1) is 0 Å². The Morgan fingerprint density at radius 1 is 1.14 bits per heavy atom. The molecule has 0 amide bonds. The molecule has 1 aliphatic rings. The Balaban J connectivity index is 1.71. The Bertz CT molecular complexity index is 1260. The summed E-state index contributed by atoms with van der Waals surface area (Å²) < 4.78 is 20.0. The molecule has 9 nitrogen and oxygen atoms in total. The Morgan fingerprint density at radius 2 is 1.92 bits per heavy atom. The third-order valence-corrected chi connectivity index (χ3v) is 6.41. The van der Waals surface area contributed by atoms with Gasteiger partial charge in [-0.25, -0.2) is 4.79 Å². The number of rotatable bonds is 10. The fraction of sp³-hybridized carbons (Fsp3) is 0.385. The monoisotopic (exact) mass is 555 g/mol. The molecule has 0 radical (unpaired) electrons. The van der Waals surface area contributed by atoms with Gasteiger partial charge in [-0.1, -0.05) is 48.3 Å². The molecule has 0 fully saturated rings. The highest BCUT2D eigenvalue weighted by Crippen LogP contribution is 2.43. The number of fused-ring (bicyclic) bond motifs is 1. The molecule has 1 atom stereocenters. The van der Waals surface area contributed by atoms with Gasteiger partial charge >= 0.3 is 5.97 Å². The summed E-state index contributed by atoms with van der Waals surface area (Å²) in [5.74, 6) is 1.17. The van der Waals surface area contributed by atoms with Crippen LogP contribution in [0, 0.1) is 6.92 Å². The maximum Gasteiger partial charge on any atom is 0.338 e. The summed E-state index contributed by atoms with van der Waals surface area (Å²) in [6.07, 6.45) is 1.72. The number of aromatic nitrogens is 4. The smallest absolute Gasteiger partial charge is 0.338 e. The molecular formula is C26H30BrN5O4. The van der Waals surface area contributed by atoms with Crippen molar-refractivity contribution in [3.63, 3.8) is 0 Å². The fourth-order valence-corrected chi connectivity index (χ4v) is 4.53. The van der Waals surface area contributed by atoms with E-state index in [4.69, 9.17) is 14.2 Å². The van der Waals surface area contributed by atoms with E-state index in [1.807, 2.05) is 52.0 Å². The zero-order valence-corrected chi connectivity index (χ0v) is 22.5. The van der Waals surface area contributed by atoms with Crippen molar-refractivity contribution in [2.75, 3.05) is 18.5 Å². The van der Waals surface area contributed by atoms with Crippen molar-refractivity contribution >= 4 is 27.8 Å². The number of nitrogens with one attached hydrogen (secondary N) is 1. The van der Waals surface area contributed by atoms with Crippen LogP contribution in [0.15, 0.2) is 52.1 Å². The number of tetrazole rings is 1. The summed E-state index contributed by atoms with van der Waals surface area (Å²) in [6.45, 7) is 9.01. The lowest BCUT2D eigenvalue weighted by atomic mass is 9.95. The second kappa shape index (κ2) is 11.6. The Morgan fingerprint density at radius 3 is 2.64 bits per heavy atom. The first-order valence-electron chi connectivity index (χ1n) is 12.0. The van der Waals surface area contributed by atoms with E-state index in [1.165, 1.54) is 5.56 Å². The summed E-state index contributed by atoms with van der Waals surface area (Å²) in [4.78, 5) is 13.2. The quantitative estimate of drug-likeness (QED) is 0.264. The first kappa shape index (κ1) is 25.7. The molecule has 10 heteroatoms. The zero-order valence-electron chi connectivity index (χ0n) is 20.9. The van der Waals surface area contributed by atoms with Crippen LogP contribution in [0.25, 0.3) is 0 Å². The standard InChI is InChI=1S/C26H30BrN5O4/c1-5-7-12-35-25(33)22-17(4)28-26-29-30-31-32(26)23(22)19-13-20(27)24(21(14-19)34-6-2)36-15-18-10-8-16(3)9-11-18/h8-11,13-14,23H,5-7,12,15H2,1-4H3,(H,28,29,31). The van der Waals surface area contributed by atoms with Crippen LogP contribution >= 0.6 is 15.9 Å². The second-order valence-corrected chi connectivity index (χ2v) is 9.39. The van der Waals surface area contributed by atoms with Crippen LogP contribution in [0.4, 0.5) is 5.95 Å². The number of hydrogen-bond acceptors (Lipinski definition) is 8. The summed E-state index contributed by atoms with van der Waals surface area (Å²) in [5.41, 5.74) is 4.07. The van der Waals surface area contributed by atoms with Crippen molar-refractivity contribution in [3.05, 3.63) is 68.8 Å². The molecule has 2 heterocycles. The van der Waals surface area contributed by atoms with Crippen LogP contribution in [0.2, 0.25) is 0 Å². The van der Waals surface area contributed by atoms with Gasteiger partial charge in [0.1, 0.15) is 12.6 Å². The second-order valence-electron chi connectivity index (χ2n) is 8.54. The highest BCUT2D eigenvalue weighted by Gasteiger charge is 2.36. The minimum atomic E-state index is -0.605. The number of esters is 1. The number of nitrogens with zero attached hydrogens (tertiary/aromatic N) is 4. The normalized spacial score (nSPS) is 14.8. The van der Waals surface area contributed by atoms with Crippen LogP contribution < -0.4 is 14.8 Å². The summed E-state index contributed by atoms with van der Waals surface area (Å²) >= 11 is 3.66. The van der Waals surface area contributed by atoms with E-state index in [2.05, 4.69) is 48.9 Å². The Kier molecular flexibility index (Phi) is 8.25. The molecule has 2 aromatic carbocycles. The molecule has 4 rings (SSSR count). The van der Waals surface area contributed by atoms with E-state index >= 15 is 0 Å². The highest BCUT2D eigenvalue weighted by molar-refractivity contribution is 9.10. The van der Waals surface area contributed by atoms with Gasteiger partial charge in [-0.05, 0) is 76.8 Å². The number of allylic oxidation sites excluding steroid dienone is 1. The lowest BCUT2D eigenvalue weighted by Gasteiger charge is -2.28. The van der Waals surface area contributed by atoms with Gasteiger partial charge in [0.05, 0.1) is 23.3 Å². The number of anilines is 1. The van der Waals surface area contributed by atoms with Gasteiger partial charge in [0.25, 0.3) is 0 Å². The number of unbranched alkanes of at least 4 members (excludes halogenated alkanes) is 1. The third kappa shape index (κ3) is 5.53. The molecule has 0 saturated carbocycles. The maximum atomic E-state index is 13.2. The first-order valence-corrected chi connectivity index (χ1v) is 12.8. The van der Waals surface area contributed by atoms with Crippen LogP contribution in [0.3, 0.4) is 0 Å². The average Bonchev–Trinajstić information content (AvgIpc) is 3.32. The van der Waals surface area contributed by atoms with E-state index in [0.717, 1.165) is 24.0 Å². The van der Waals surface area contributed by atoms with E-state index in [9.17, 15) is 4.79 Å². The molecule has 0 bridgehead atoms. The molecule has 1 aromatic heterocycles. The Labute approximate surface area is 218 Å². The van der Waals surface area contributed by atoms with Crippen molar-refractivity contribution < 1.29 is 19.0 Å². The first-order chi connectivity index (χ1) is 17.4. The van der Waals surface area contributed by atoms with Gasteiger partial charge in [0.15, 0.2) is 11.5 Å². The number of hydrogen-bond donors (Lipinski definition) is 1. The summed E-state index contributed by atoms with van der Waals surface area (Å²) in [7, 11) is 0. The van der Waals surface area contributed by atoms with Crippen molar-refractivity contribution in [2.24, 2.45) is 0 Å². The molecule has 0 aliphatic carbocycles. The molecule has 1 aliphatic heterocycles. The Hall–Kier alpha value is -3.40. The summed E-state index contributed by atoms with van der Waals surface area (Å²) in [5, 5.41) is 15.1. The van der Waals surface area contributed by atoms with E-state index in [-0.39, 0.29) is 0 Å². The predicted octanol–water partition coefficient (Wildman–Crippen LogP) is 5.35. The SMILES string of the molecule is CCCCOC(=O)C1=C(C)Nc2nnnn2C1c1cc(Br)c(OCc2ccc(C)cc2)c(OCC)c1. The van der Waals surface area contributed by atoms with Gasteiger partial charge in [0.2, 0.25) is 5.95 Å². The van der Waals surface area contributed by atoms with Gasteiger partial charge in [-0.3, -0.25) is 0 Å². The van der Waals surface area contributed by atoms with E-state index < -0.39 is 12.0 Å². The fourth-order valence-electron chi connectivity index (χ4n) is 3.96. The number of aryl methyl sites for hydroxylation is 1. The molecule has 36 heavy (non-hydrogen) atoms. The number of ether oxygens (including phenoxy) is 3. The van der Waals surface area contributed by atoms with Gasteiger partial charge in [-0.2, -0.15) is 4.68 Å². The maximum absolute atomic E-state index is 13.2. The van der Waals surface area contributed by atoms with Crippen LogP contribution in [-0.2, 0) is 16.1 Å². The van der Waals surface area contributed by atoms with E-state index in [1.54, 1.807) is 4.68 Å².